The maximum absolute atomic E-state index is 6.85. The number of para-hydroxylation sites is 2. The topological polar surface area (TPSA) is 16.4 Å². The summed E-state index contributed by atoms with van der Waals surface area (Å²) in [6.07, 6.45) is 0. The molecule has 0 N–H and O–H groups in total. The van der Waals surface area contributed by atoms with Crippen molar-refractivity contribution in [1.82, 2.24) is 0 Å². The molecular formula is C70H49NO. The fourth-order valence-electron chi connectivity index (χ4n) is 12.5. The van der Waals surface area contributed by atoms with E-state index in [1.54, 1.807) is 0 Å². The van der Waals surface area contributed by atoms with Crippen molar-refractivity contribution >= 4 is 39.0 Å². The highest BCUT2D eigenvalue weighted by Gasteiger charge is 2.49. The number of hydrogen-bond donors (Lipinski definition) is 0. The number of fused-ring (bicyclic) bond motifs is 9. The molecule has 0 amide bonds. The van der Waals surface area contributed by atoms with Crippen LogP contribution in [-0.2, 0) is 10.8 Å². The predicted octanol–water partition coefficient (Wildman–Crippen LogP) is 18.7. The molecule has 11 aromatic carbocycles. The van der Waals surface area contributed by atoms with Crippen molar-refractivity contribution in [2.45, 2.75) is 24.7 Å². The minimum atomic E-state index is -0.641. The van der Waals surface area contributed by atoms with E-state index in [-0.39, 0.29) is 5.41 Å². The molecule has 2 nitrogen and oxygen atoms in total. The van der Waals surface area contributed by atoms with Gasteiger partial charge in [-0.3, -0.25) is 0 Å². The van der Waals surface area contributed by atoms with Crippen LogP contribution >= 0.6 is 0 Å². The van der Waals surface area contributed by atoms with Crippen molar-refractivity contribution in [3.8, 4) is 55.6 Å². The first-order valence-corrected chi connectivity index (χ1v) is 25.1. The average molecular weight is 920 g/mol. The Labute approximate surface area is 420 Å². The van der Waals surface area contributed by atoms with E-state index in [4.69, 9.17) is 4.42 Å². The highest BCUT2D eigenvalue weighted by molar-refractivity contribution is 6.11. The molecule has 0 bridgehead atoms. The maximum atomic E-state index is 6.85. The van der Waals surface area contributed by atoms with Gasteiger partial charge in [-0.15, -0.1) is 0 Å². The van der Waals surface area contributed by atoms with Gasteiger partial charge < -0.3 is 9.32 Å². The van der Waals surface area contributed by atoms with Crippen LogP contribution in [0.4, 0.5) is 17.1 Å². The van der Waals surface area contributed by atoms with Crippen LogP contribution in [0.3, 0.4) is 0 Å². The maximum Gasteiger partial charge on any atom is 0.143 e. The zero-order chi connectivity index (χ0) is 48.0. The smallest absolute Gasteiger partial charge is 0.143 e. The largest absolute Gasteiger partial charge is 0.455 e. The van der Waals surface area contributed by atoms with Gasteiger partial charge in [-0.1, -0.05) is 232 Å². The summed E-state index contributed by atoms with van der Waals surface area (Å²) in [6.45, 7) is 4.72. The van der Waals surface area contributed by atoms with Gasteiger partial charge in [0.25, 0.3) is 0 Å². The van der Waals surface area contributed by atoms with Gasteiger partial charge in [0.05, 0.1) is 5.41 Å². The lowest BCUT2D eigenvalue weighted by Gasteiger charge is -2.35. The van der Waals surface area contributed by atoms with Crippen molar-refractivity contribution in [3.63, 3.8) is 0 Å². The van der Waals surface area contributed by atoms with Crippen LogP contribution in [0.15, 0.2) is 265 Å². The Kier molecular flexibility index (Phi) is 9.50. The van der Waals surface area contributed by atoms with Gasteiger partial charge in [0.2, 0.25) is 0 Å². The van der Waals surface area contributed by atoms with Crippen molar-refractivity contribution < 1.29 is 4.42 Å². The van der Waals surface area contributed by atoms with Crippen LogP contribution in [0, 0.1) is 0 Å². The number of benzene rings is 11. The fraction of sp³-hybridized carbons (Fsp3) is 0.0571. The highest BCUT2D eigenvalue weighted by atomic mass is 16.3. The SMILES string of the molecule is CC1(C)c2ccccc2-c2ccc(N(c3ccc(-c4ccccc4)cc3)c3ccc(-c4ccc(-c5cccc6c5oc5ccccc56)c5c4-c4ccccc4C5(c4ccccc4)c4ccccc4)cc3)cc21. The van der Waals surface area contributed by atoms with Gasteiger partial charge in [0.1, 0.15) is 11.2 Å². The molecule has 0 fully saturated rings. The van der Waals surface area contributed by atoms with Gasteiger partial charge >= 0.3 is 0 Å². The summed E-state index contributed by atoms with van der Waals surface area (Å²) in [5, 5.41) is 2.24. The number of rotatable bonds is 8. The van der Waals surface area contributed by atoms with Crippen molar-refractivity contribution in [2.75, 3.05) is 4.90 Å². The Bertz CT molecular complexity index is 4000. The zero-order valence-electron chi connectivity index (χ0n) is 40.2. The van der Waals surface area contributed by atoms with E-state index < -0.39 is 5.41 Å². The van der Waals surface area contributed by atoms with E-state index >= 15 is 0 Å². The molecule has 0 unspecified atom stereocenters. The summed E-state index contributed by atoms with van der Waals surface area (Å²) in [5.41, 5.74) is 24.1. The first kappa shape index (κ1) is 41.9. The molecule has 2 heteroatoms. The Morgan fingerprint density at radius 3 is 1.54 bits per heavy atom. The Morgan fingerprint density at radius 2 is 0.833 bits per heavy atom. The van der Waals surface area contributed by atoms with Gasteiger partial charge in [0.15, 0.2) is 0 Å². The molecule has 0 saturated heterocycles. The van der Waals surface area contributed by atoms with Crippen molar-refractivity contribution in [1.29, 1.82) is 0 Å². The molecule has 72 heavy (non-hydrogen) atoms. The average Bonchev–Trinajstić information content (AvgIpc) is 4.07. The molecule has 2 aliphatic rings. The third-order valence-electron chi connectivity index (χ3n) is 15.8. The molecule has 340 valence electrons. The van der Waals surface area contributed by atoms with Crippen LogP contribution in [-0.4, -0.2) is 0 Å². The quantitative estimate of drug-likeness (QED) is 0.151. The number of anilines is 3. The predicted molar refractivity (Wildman–Crippen MR) is 300 cm³/mol. The minimum absolute atomic E-state index is 0.137. The van der Waals surface area contributed by atoms with Crippen molar-refractivity contribution in [2.24, 2.45) is 0 Å². The van der Waals surface area contributed by atoms with Gasteiger partial charge in [-0.05, 0) is 126 Å². The molecule has 0 radical (unpaired) electrons. The molecule has 0 spiro atoms. The number of hydrogen-bond acceptors (Lipinski definition) is 2. The number of furan rings is 1. The lowest BCUT2D eigenvalue weighted by molar-refractivity contribution is 0.660. The molecule has 0 atom stereocenters. The van der Waals surface area contributed by atoms with Crippen LogP contribution in [0.25, 0.3) is 77.6 Å². The van der Waals surface area contributed by atoms with Crippen molar-refractivity contribution in [3.05, 3.63) is 294 Å². The summed E-state index contributed by atoms with van der Waals surface area (Å²) in [5.74, 6) is 0. The van der Waals surface area contributed by atoms with Crippen LogP contribution in [0.2, 0.25) is 0 Å². The summed E-state index contributed by atoms with van der Waals surface area (Å²) >= 11 is 0. The Balaban J connectivity index is 0.983. The lowest BCUT2D eigenvalue weighted by Crippen LogP contribution is -2.29. The van der Waals surface area contributed by atoms with E-state index in [0.717, 1.165) is 55.7 Å². The van der Waals surface area contributed by atoms with Crippen LogP contribution in [0.5, 0.6) is 0 Å². The summed E-state index contributed by atoms with van der Waals surface area (Å²) in [4.78, 5) is 2.42. The molecule has 0 saturated carbocycles. The fourth-order valence-corrected chi connectivity index (χ4v) is 12.5. The van der Waals surface area contributed by atoms with E-state index in [1.807, 2.05) is 0 Å². The summed E-state index contributed by atoms with van der Waals surface area (Å²) in [7, 11) is 0. The van der Waals surface area contributed by atoms with Gasteiger partial charge in [0, 0.05) is 38.8 Å². The van der Waals surface area contributed by atoms with Gasteiger partial charge in [-0.2, -0.15) is 0 Å². The zero-order valence-corrected chi connectivity index (χ0v) is 40.2. The highest BCUT2D eigenvalue weighted by Crippen LogP contribution is 2.61. The monoisotopic (exact) mass is 919 g/mol. The summed E-state index contributed by atoms with van der Waals surface area (Å²) in [6, 6.07) is 96.0. The first-order chi connectivity index (χ1) is 35.5. The van der Waals surface area contributed by atoms with Crippen LogP contribution in [0.1, 0.15) is 47.2 Å². The first-order valence-electron chi connectivity index (χ1n) is 25.1. The third kappa shape index (κ3) is 6.22. The Morgan fingerprint density at radius 1 is 0.333 bits per heavy atom. The van der Waals surface area contributed by atoms with Crippen LogP contribution < -0.4 is 4.90 Å². The molecule has 1 aromatic heterocycles. The molecule has 1 heterocycles. The second kappa shape index (κ2) is 16.3. The normalized spacial score (nSPS) is 13.6. The third-order valence-corrected chi connectivity index (χ3v) is 15.8. The van der Waals surface area contributed by atoms with E-state index in [2.05, 4.69) is 280 Å². The van der Waals surface area contributed by atoms with E-state index in [9.17, 15) is 0 Å². The van der Waals surface area contributed by atoms with E-state index in [0.29, 0.717) is 0 Å². The molecule has 12 aromatic rings. The molecular weight excluding hydrogens is 871 g/mol. The minimum Gasteiger partial charge on any atom is -0.455 e. The summed E-state index contributed by atoms with van der Waals surface area (Å²) < 4.78 is 6.85. The Hall–Kier alpha value is -8.98. The standard InChI is InChI=1S/C70H49NO/c1-69(2)62-30-15-12-25-55(62)56-42-41-53(45-64(56)69)71(51-37-33-47(34-38-51)46-19-6-3-7-20-46)52-39-35-48(36-40-52)54-43-44-58(60-29-18-28-59-57-26-14-17-32-65(57)72-68(59)60)67-66(54)61-27-13-16-31-63(61)70(67,49-21-8-4-9-22-49)50-23-10-5-11-24-50/h3-45H,1-2H3. The number of nitrogens with zero attached hydrogens (tertiary/aromatic N) is 1. The second-order valence-corrected chi connectivity index (χ2v) is 19.9. The molecule has 0 aliphatic heterocycles. The lowest BCUT2D eigenvalue weighted by atomic mass is 9.66. The molecule has 14 rings (SSSR count). The molecule has 2 aliphatic carbocycles. The second-order valence-electron chi connectivity index (χ2n) is 19.9. The van der Waals surface area contributed by atoms with E-state index in [1.165, 1.54) is 72.3 Å². The van der Waals surface area contributed by atoms with Gasteiger partial charge in [-0.25, -0.2) is 0 Å².